The van der Waals surface area contributed by atoms with E-state index in [-0.39, 0.29) is 18.3 Å². The van der Waals surface area contributed by atoms with Gasteiger partial charge in [0.2, 0.25) is 11.1 Å². The molecule has 6 nitrogen and oxygen atoms in total. The second kappa shape index (κ2) is 7.24. The number of carbonyl (C=O) groups excluding carboxylic acids is 1. The van der Waals surface area contributed by atoms with Crippen molar-refractivity contribution in [1.29, 1.82) is 0 Å². The van der Waals surface area contributed by atoms with Gasteiger partial charge < -0.3 is 10.4 Å². The summed E-state index contributed by atoms with van der Waals surface area (Å²) < 4.78 is 0. The number of hydrogen-bond donors (Lipinski definition) is 3. The SMILES string of the molecule is CC(C)c1ccccc1NC(=O)CSc1n[nH]c(CO)n1. The van der Waals surface area contributed by atoms with Gasteiger partial charge >= 0.3 is 0 Å². The maximum Gasteiger partial charge on any atom is 0.234 e. The van der Waals surface area contributed by atoms with Gasteiger partial charge in [0.15, 0.2) is 5.82 Å². The fourth-order valence-electron chi connectivity index (χ4n) is 1.84. The molecule has 2 aromatic rings. The number of aliphatic hydroxyl groups is 1. The standard InChI is InChI=1S/C14H18N4O2S/c1-9(2)10-5-3-4-6-11(10)15-13(20)8-21-14-16-12(7-19)17-18-14/h3-6,9,19H,7-8H2,1-2H3,(H,15,20)(H,16,17,18). The van der Waals surface area contributed by atoms with Crippen LogP contribution in [0.3, 0.4) is 0 Å². The summed E-state index contributed by atoms with van der Waals surface area (Å²) in [6, 6.07) is 7.77. The Morgan fingerprint density at radius 1 is 1.43 bits per heavy atom. The number of thioether (sulfide) groups is 1. The van der Waals surface area contributed by atoms with E-state index >= 15 is 0 Å². The van der Waals surface area contributed by atoms with Crippen molar-refractivity contribution >= 4 is 23.4 Å². The van der Waals surface area contributed by atoms with Gasteiger partial charge in [0, 0.05) is 5.69 Å². The molecule has 0 aliphatic carbocycles. The van der Waals surface area contributed by atoms with Gasteiger partial charge in [-0.1, -0.05) is 43.8 Å². The van der Waals surface area contributed by atoms with Crippen LogP contribution in [0.25, 0.3) is 0 Å². The second-order valence-electron chi connectivity index (χ2n) is 4.80. The third kappa shape index (κ3) is 4.30. The van der Waals surface area contributed by atoms with Gasteiger partial charge in [-0.15, -0.1) is 5.10 Å². The summed E-state index contributed by atoms with van der Waals surface area (Å²) in [5, 5.41) is 18.7. The molecule has 0 atom stereocenters. The van der Waals surface area contributed by atoms with Crippen LogP contribution in [-0.4, -0.2) is 31.9 Å². The third-order valence-corrected chi connectivity index (χ3v) is 3.70. The Hall–Kier alpha value is -1.86. The van der Waals surface area contributed by atoms with E-state index in [0.29, 0.717) is 16.9 Å². The van der Waals surface area contributed by atoms with E-state index in [0.717, 1.165) is 11.3 Å². The Morgan fingerprint density at radius 2 is 2.19 bits per heavy atom. The lowest BCUT2D eigenvalue weighted by Crippen LogP contribution is -2.15. The van der Waals surface area contributed by atoms with E-state index < -0.39 is 0 Å². The molecular formula is C14H18N4O2S. The number of carbonyl (C=O) groups is 1. The predicted molar refractivity (Wildman–Crippen MR) is 82.2 cm³/mol. The molecule has 0 aliphatic rings. The Labute approximate surface area is 127 Å². The van der Waals surface area contributed by atoms with Crippen molar-refractivity contribution in [2.75, 3.05) is 11.1 Å². The van der Waals surface area contributed by atoms with E-state index in [9.17, 15) is 4.79 Å². The lowest BCUT2D eigenvalue weighted by molar-refractivity contribution is -0.113. The minimum atomic E-state index is -0.193. The number of nitrogens with zero attached hydrogens (tertiary/aromatic N) is 2. The molecule has 7 heteroatoms. The summed E-state index contributed by atoms with van der Waals surface area (Å²) in [5.41, 5.74) is 1.94. The molecule has 0 saturated heterocycles. The highest BCUT2D eigenvalue weighted by Gasteiger charge is 2.11. The number of rotatable bonds is 6. The van der Waals surface area contributed by atoms with Crippen molar-refractivity contribution < 1.29 is 9.90 Å². The third-order valence-electron chi connectivity index (χ3n) is 2.85. The fraction of sp³-hybridized carbons (Fsp3) is 0.357. The minimum absolute atomic E-state index is 0.108. The molecule has 1 amide bonds. The van der Waals surface area contributed by atoms with Crippen molar-refractivity contribution in [3.8, 4) is 0 Å². The largest absolute Gasteiger partial charge is 0.388 e. The summed E-state index contributed by atoms with van der Waals surface area (Å²) in [7, 11) is 0. The average molecular weight is 306 g/mol. The molecule has 3 N–H and O–H groups in total. The molecule has 0 unspecified atom stereocenters. The first kappa shape index (κ1) is 15.5. The van der Waals surface area contributed by atoms with Crippen LogP contribution in [-0.2, 0) is 11.4 Å². The van der Waals surface area contributed by atoms with Crippen LogP contribution >= 0.6 is 11.8 Å². The second-order valence-corrected chi connectivity index (χ2v) is 5.74. The van der Waals surface area contributed by atoms with Crippen LogP contribution in [0.2, 0.25) is 0 Å². The van der Waals surface area contributed by atoms with E-state index in [2.05, 4.69) is 34.3 Å². The van der Waals surface area contributed by atoms with Crippen LogP contribution in [0.1, 0.15) is 31.2 Å². The molecular weight excluding hydrogens is 288 g/mol. The van der Waals surface area contributed by atoms with Crippen LogP contribution in [0.15, 0.2) is 29.4 Å². The Kier molecular flexibility index (Phi) is 5.35. The average Bonchev–Trinajstić information content (AvgIpc) is 2.93. The van der Waals surface area contributed by atoms with Crippen molar-refractivity contribution in [1.82, 2.24) is 15.2 Å². The smallest absolute Gasteiger partial charge is 0.234 e. The number of para-hydroxylation sites is 1. The molecule has 0 aliphatic heterocycles. The van der Waals surface area contributed by atoms with Gasteiger partial charge in [0.1, 0.15) is 6.61 Å². The highest BCUT2D eigenvalue weighted by Crippen LogP contribution is 2.24. The summed E-state index contributed by atoms with van der Waals surface area (Å²) in [6.07, 6.45) is 0. The normalized spacial score (nSPS) is 10.9. The number of anilines is 1. The number of H-pyrrole nitrogens is 1. The first-order valence-corrected chi connectivity index (χ1v) is 7.62. The van der Waals surface area contributed by atoms with Crippen LogP contribution < -0.4 is 5.32 Å². The Balaban J connectivity index is 1.93. The molecule has 2 rings (SSSR count). The van der Waals surface area contributed by atoms with Gasteiger partial charge in [-0.25, -0.2) is 4.98 Å². The topological polar surface area (TPSA) is 90.9 Å². The van der Waals surface area contributed by atoms with Gasteiger partial charge in [-0.05, 0) is 17.5 Å². The van der Waals surface area contributed by atoms with E-state index in [4.69, 9.17) is 5.11 Å². The molecule has 0 fully saturated rings. The number of amides is 1. The molecule has 0 spiro atoms. The molecule has 112 valence electrons. The number of hydrogen-bond acceptors (Lipinski definition) is 5. The van der Waals surface area contributed by atoms with Crippen molar-refractivity contribution in [2.24, 2.45) is 0 Å². The molecule has 1 aromatic heterocycles. The summed E-state index contributed by atoms with van der Waals surface area (Å²) in [4.78, 5) is 16.0. The zero-order valence-electron chi connectivity index (χ0n) is 12.0. The lowest BCUT2D eigenvalue weighted by Gasteiger charge is -2.13. The van der Waals surface area contributed by atoms with Gasteiger partial charge in [-0.2, -0.15) is 0 Å². The minimum Gasteiger partial charge on any atom is -0.388 e. The van der Waals surface area contributed by atoms with Crippen LogP contribution in [0, 0.1) is 0 Å². The summed E-state index contributed by atoms with van der Waals surface area (Å²) >= 11 is 1.22. The molecule has 0 bridgehead atoms. The zero-order chi connectivity index (χ0) is 15.2. The van der Waals surface area contributed by atoms with Gasteiger partial charge in [0.05, 0.1) is 5.75 Å². The van der Waals surface area contributed by atoms with Crippen molar-refractivity contribution in [3.63, 3.8) is 0 Å². The molecule has 0 radical (unpaired) electrons. The molecule has 21 heavy (non-hydrogen) atoms. The number of benzene rings is 1. The maximum absolute atomic E-state index is 12.0. The Morgan fingerprint density at radius 3 is 2.86 bits per heavy atom. The molecule has 1 aromatic carbocycles. The highest BCUT2D eigenvalue weighted by molar-refractivity contribution is 7.99. The zero-order valence-corrected chi connectivity index (χ0v) is 12.8. The first-order valence-electron chi connectivity index (χ1n) is 6.64. The van der Waals surface area contributed by atoms with Crippen molar-refractivity contribution in [3.05, 3.63) is 35.7 Å². The highest BCUT2D eigenvalue weighted by atomic mass is 32.2. The fourth-order valence-corrected chi connectivity index (χ4v) is 2.46. The Bertz CT molecular complexity index is 613. The quantitative estimate of drug-likeness (QED) is 0.711. The van der Waals surface area contributed by atoms with E-state index in [1.165, 1.54) is 11.8 Å². The first-order chi connectivity index (χ1) is 10.1. The lowest BCUT2D eigenvalue weighted by atomic mass is 10.0. The van der Waals surface area contributed by atoms with Gasteiger partial charge in [-0.3, -0.25) is 9.89 Å². The van der Waals surface area contributed by atoms with E-state index in [1.54, 1.807) is 0 Å². The number of aromatic amines is 1. The maximum atomic E-state index is 12.0. The number of nitrogens with one attached hydrogen (secondary N) is 2. The number of aromatic nitrogens is 3. The monoisotopic (exact) mass is 306 g/mol. The van der Waals surface area contributed by atoms with Gasteiger partial charge in [0.25, 0.3) is 0 Å². The molecule has 1 heterocycles. The van der Waals surface area contributed by atoms with Crippen LogP contribution in [0.4, 0.5) is 5.69 Å². The number of aliphatic hydroxyl groups excluding tert-OH is 1. The molecule has 0 saturated carbocycles. The summed E-state index contributed by atoms with van der Waals surface area (Å²) in [5.74, 6) is 0.843. The summed E-state index contributed by atoms with van der Waals surface area (Å²) in [6.45, 7) is 3.98. The van der Waals surface area contributed by atoms with Crippen LogP contribution in [0.5, 0.6) is 0 Å². The van der Waals surface area contributed by atoms with Crippen molar-refractivity contribution in [2.45, 2.75) is 31.5 Å². The predicted octanol–water partition coefficient (Wildman–Crippen LogP) is 2.15. The van der Waals surface area contributed by atoms with E-state index in [1.807, 2.05) is 24.3 Å².